The Morgan fingerprint density at radius 1 is 1.11 bits per heavy atom. The number of hydrogen-bond acceptors (Lipinski definition) is 2. The van der Waals surface area contributed by atoms with Crippen molar-refractivity contribution in [1.29, 1.82) is 0 Å². The summed E-state index contributed by atoms with van der Waals surface area (Å²) in [5.74, 6) is 10.7. The van der Waals surface area contributed by atoms with Gasteiger partial charge < -0.3 is 10.2 Å². The molecule has 2 N–H and O–H groups in total. The van der Waals surface area contributed by atoms with Gasteiger partial charge in [-0.25, -0.2) is 4.79 Å². The summed E-state index contributed by atoms with van der Waals surface area (Å²) in [6.45, 7) is 2.09. The number of rotatable bonds is 7. The van der Waals surface area contributed by atoms with E-state index in [1.165, 1.54) is 0 Å². The first-order valence-corrected chi connectivity index (χ1v) is 6.71. The number of aliphatic hydroxyl groups excluding tert-OH is 1. The first kappa shape index (κ1) is 17.3. The van der Waals surface area contributed by atoms with E-state index >= 15 is 0 Å². The summed E-state index contributed by atoms with van der Waals surface area (Å²) in [5, 5.41) is 17.5. The Balaban J connectivity index is 3.50. The van der Waals surface area contributed by atoms with E-state index < -0.39 is 12.1 Å². The number of unbranched alkanes of at least 4 members (excludes halogenated alkanes) is 4. The van der Waals surface area contributed by atoms with E-state index in [0.717, 1.165) is 32.1 Å². The minimum atomic E-state index is -1.23. The molecule has 19 heavy (non-hydrogen) atoms. The van der Waals surface area contributed by atoms with Crippen molar-refractivity contribution in [2.24, 2.45) is 0 Å². The molecule has 0 aliphatic carbocycles. The zero-order chi connectivity index (χ0) is 14.3. The van der Waals surface area contributed by atoms with Gasteiger partial charge in [-0.1, -0.05) is 43.4 Å². The summed E-state index contributed by atoms with van der Waals surface area (Å²) < 4.78 is 0. The smallest absolute Gasteiger partial charge is 0.332 e. The maximum Gasteiger partial charge on any atom is 0.332 e. The van der Waals surface area contributed by atoms with Crippen LogP contribution in [0, 0.1) is 23.7 Å². The van der Waals surface area contributed by atoms with Crippen LogP contribution < -0.4 is 0 Å². The van der Waals surface area contributed by atoms with Crippen molar-refractivity contribution < 1.29 is 15.0 Å². The van der Waals surface area contributed by atoms with Gasteiger partial charge in [-0.05, 0) is 31.4 Å². The molecular formula is C16H22O3. The van der Waals surface area contributed by atoms with Gasteiger partial charge in [0.15, 0.2) is 6.10 Å². The van der Waals surface area contributed by atoms with E-state index in [0.29, 0.717) is 12.8 Å². The molecule has 0 aromatic rings. The summed E-state index contributed by atoms with van der Waals surface area (Å²) in [6.07, 6.45) is 7.90. The second-order valence-corrected chi connectivity index (χ2v) is 4.18. The zero-order valence-corrected chi connectivity index (χ0v) is 11.5. The van der Waals surface area contributed by atoms with Crippen LogP contribution in [0.25, 0.3) is 0 Å². The summed E-state index contributed by atoms with van der Waals surface area (Å²) in [4.78, 5) is 10.3. The van der Waals surface area contributed by atoms with Crippen LogP contribution in [-0.2, 0) is 4.79 Å². The topological polar surface area (TPSA) is 57.5 Å². The lowest BCUT2D eigenvalue weighted by Crippen LogP contribution is -2.18. The molecule has 0 radical (unpaired) electrons. The van der Waals surface area contributed by atoms with Gasteiger partial charge in [0, 0.05) is 12.8 Å². The van der Waals surface area contributed by atoms with Gasteiger partial charge in [0.2, 0.25) is 0 Å². The molecule has 0 aromatic carbocycles. The van der Waals surface area contributed by atoms with E-state index in [1.54, 1.807) is 12.2 Å². The molecule has 1 atom stereocenters. The van der Waals surface area contributed by atoms with Crippen molar-refractivity contribution >= 4 is 5.97 Å². The fourth-order valence-corrected chi connectivity index (χ4v) is 1.32. The summed E-state index contributed by atoms with van der Waals surface area (Å²) in [5.41, 5.74) is 0. The third-order valence-electron chi connectivity index (χ3n) is 2.39. The average molecular weight is 262 g/mol. The number of carboxylic acids is 1. The highest BCUT2D eigenvalue weighted by Gasteiger charge is 2.11. The molecule has 0 aromatic heterocycles. The molecule has 0 spiro atoms. The van der Waals surface area contributed by atoms with Gasteiger partial charge in [-0.3, -0.25) is 0 Å². The molecule has 104 valence electrons. The SMILES string of the molecule is CCCC#C/C=C\C#CCCCCCC(O)C(=O)O. The van der Waals surface area contributed by atoms with Gasteiger partial charge in [0.1, 0.15) is 0 Å². The van der Waals surface area contributed by atoms with Crippen molar-refractivity contribution in [3.8, 4) is 23.7 Å². The van der Waals surface area contributed by atoms with Gasteiger partial charge in [0.05, 0.1) is 0 Å². The van der Waals surface area contributed by atoms with Crippen molar-refractivity contribution in [3.05, 3.63) is 12.2 Å². The molecule has 0 saturated heterocycles. The predicted molar refractivity (Wildman–Crippen MR) is 76.3 cm³/mol. The van der Waals surface area contributed by atoms with Crippen LogP contribution in [0.4, 0.5) is 0 Å². The van der Waals surface area contributed by atoms with Crippen molar-refractivity contribution in [3.63, 3.8) is 0 Å². The summed E-state index contributed by atoms with van der Waals surface area (Å²) in [6, 6.07) is 0. The summed E-state index contributed by atoms with van der Waals surface area (Å²) in [7, 11) is 0. The number of aliphatic carboxylic acids is 1. The molecule has 0 amide bonds. The van der Waals surface area contributed by atoms with E-state index in [4.69, 9.17) is 10.2 Å². The van der Waals surface area contributed by atoms with Crippen LogP contribution in [0.5, 0.6) is 0 Å². The second kappa shape index (κ2) is 12.7. The number of carboxylic acid groups (broad SMARTS) is 1. The van der Waals surface area contributed by atoms with Crippen LogP contribution in [0.15, 0.2) is 12.2 Å². The van der Waals surface area contributed by atoms with Crippen LogP contribution >= 0.6 is 0 Å². The minimum Gasteiger partial charge on any atom is -0.479 e. The third kappa shape index (κ3) is 12.5. The van der Waals surface area contributed by atoms with Crippen LogP contribution in [0.2, 0.25) is 0 Å². The maximum atomic E-state index is 10.3. The zero-order valence-electron chi connectivity index (χ0n) is 11.5. The lowest BCUT2D eigenvalue weighted by Gasteiger charge is -2.03. The molecule has 3 heteroatoms. The fourth-order valence-electron chi connectivity index (χ4n) is 1.32. The average Bonchev–Trinajstić information content (AvgIpc) is 2.39. The second-order valence-electron chi connectivity index (χ2n) is 4.18. The first-order chi connectivity index (χ1) is 9.18. The Morgan fingerprint density at radius 3 is 2.32 bits per heavy atom. The Morgan fingerprint density at radius 2 is 1.74 bits per heavy atom. The molecule has 0 aliphatic heterocycles. The largest absolute Gasteiger partial charge is 0.479 e. The standard InChI is InChI=1S/C16H22O3/c1-2-3-4-5-6-7-8-9-10-11-12-13-14-15(17)16(18)19/h6-7,15,17H,2-3,10-14H2,1H3,(H,18,19)/b7-6-. The minimum absolute atomic E-state index is 0.315. The molecule has 0 bridgehead atoms. The lowest BCUT2D eigenvalue weighted by atomic mass is 10.1. The van der Waals surface area contributed by atoms with Crippen LogP contribution in [0.1, 0.15) is 51.9 Å². The van der Waals surface area contributed by atoms with Gasteiger partial charge in [0.25, 0.3) is 0 Å². The molecule has 0 fully saturated rings. The van der Waals surface area contributed by atoms with E-state index in [1.807, 2.05) is 0 Å². The van der Waals surface area contributed by atoms with E-state index in [-0.39, 0.29) is 0 Å². The van der Waals surface area contributed by atoms with Gasteiger partial charge in [-0.15, -0.1) is 0 Å². The fraction of sp³-hybridized carbons (Fsp3) is 0.562. The lowest BCUT2D eigenvalue weighted by molar-refractivity contribution is -0.146. The number of aliphatic hydroxyl groups is 1. The Bertz CT molecular complexity index is 388. The highest BCUT2D eigenvalue weighted by molar-refractivity contribution is 5.71. The Hall–Kier alpha value is -1.71. The Labute approximate surface area is 115 Å². The number of carbonyl (C=O) groups is 1. The van der Waals surface area contributed by atoms with Crippen LogP contribution in [-0.4, -0.2) is 22.3 Å². The monoisotopic (exact) mass is 262 g/mol. The first-order valence-electron chi connectivity index (χ1n) is 6.71. The summed E-state index contributed by atoms with van der Waals surface area (Å²) >= 11 is 0. The van der Waals surface area contributed by atoms with Crippen molar-refractivity contribution in [2.75, 3.05) is 0 Å². The number of allylic oxidation sites excluding steroid dienone is 2. The number of hydrogen-bond donors (Lipinski definition) is 2. The predicted octanol–water partition coefficient (Wildman–Crippen LogP) is 2.75. The van der Waals surface area contributed by atoms with Gasteiger partial charge in [-0.2, -0.15) is 0 Å². The Kier molecular flexibility index (Phi) is 11.6. The normalized spacial score (nSPS) is 11.3. The highest BCUT2D eigenvalue weighted by atomic mass is 16.4. The molecule has 0 aliphatic rings. The van der Waals surface area contributed by atoms with Crippen molar-refractivity contribution in [2.45, 2.75) is 58.0 Å². The van der Waals surface area contributed by atoms with Crippen molar-refractivity contribution in [1.82, 2.24) is 0 Å². The molecule has 1 unspecified atom stereocenters. The molecule has 3 nitrogen and oxygen atoms in total. The van der Waals surface area contributed by atoms with E-state index in [9.17, 15) is 4.79 Å². The third-order valence-corrected chi connectivity index (χ3v) is 2.39. The van der Waals surface area contributed by atoms with Crippen LogP contribution in [0.3, 0.4) is 0 Å². The molecule has 0 saturated carbocycles. The van der Waals surface area contributed by atoms with E-state index in [2.05, 4.69) is 30.6 Å². The molecule has 0 heterocycles. The highest BCUT2D eigenvalue weighted by Crippen LogP contribution is 2.05. The quantitative estimate of drug-likeness (QED) is 0.548. The molecule has 0 rings (SSSR count). The maximum absolute atomic E-state index is 10.3. The van der Waals surface area contributed by atoms with Gasteiger partial charge >= 0.3 is 5.97 Å². The molecular weight excluding hydrogens is 240 g/mol.